The lowest BCUT2D eigenvalue weighted by atomic mass is 10.0. The van der Waals surface area contributed by atoms with Crippen LogP contribution < -0.4 is 11.1 Å². The van der Waals surface area contributed by atoms with Gasteiger partial charge in [-0.1, -0.05) is 11.8 Å². The number of carbonyl (C=O) groups is 1. The quantitative estimate of drug-likeness (QED) is 0.833. The highest BCUT2D eigenvalue weighted by Gasteiger charge is 2.47. The molecule has 3 N–H and O–H groups in total. The minimum Gasteiger partial charge on any atom is -0.352 e. The molecule has 0 spiro atoms. The van der Waals surface area contributed by atoms with Crippen molar-refractivity contribution in [2.45, 2.75) is 25.8 Å². The summed E-state index contributed by atoms with van der Waals surface area (Å²) in [7, 11) is 0. The number of hydrogen-bond acceptors (Lipinski definition) is 2. The van der Waals surface area contributed by atoms with Crippen molar-refractivity contribution in [3.63, 3.8) is 0 Å². The highest BCUT2D eigenvalue weighted by molar-refractivity contribution is 5.79. The molecule has 0 radical (unpaired) electrons. The number of hydrogen-bond donors (Lipinski definition) is 2. The van der Waals surface area contributed by atoms with Crippen molar-refractivity contribution in [3.8, 4) is 11.8 Å². The van der Waals surface area contributed by atoms with Crippen molar-refractivity contribution in [2.24, 2.45) is 23.5 Å². The number of benzene rings is 1. The van der Waals surface area contributed by atoms with E-state index in [9.17, 15) is 9.18 Å². The zero-order chi connectivity index (χ0) is 14.8. The van der Waals surface area contributed by atoms with Crippen molar-refractivity contribution >= 4 is 5.91 Å². The maximum Gasteiger partial charge on any atom is 0.223 e. The number of nitrogens with two attached hydrogens (primary N) is 1. The fourth-order valence-corrected chi connectivity index (χ4v) is 3.20. The third kappa shape index (κ3) is 3.25. The second-order valence-electron chi connectivity index (χ2n) is 5.95. The van der Waals surface area contributed by atoms with Crippen molar-refractivity contribution in [3.05, 3.63) is 35.1 Å². The molecule has 4 heteroatoms. The molecule has 0 saturated heterocycles. The van der Waals surface area contributed by atoms with Crippen LogP contribution in [0, 0.1) is 35.4 Å². The zero-order valence-corrected chi connectivity index (χ0v) is 11.9. The molecule has 2 fully saturated rings. The van der Waals surface area contributed by atoms with Gasteiger partial charge in [-0.25, -0.2) is 4.39 Å². The fraction of sp³-hybridized carbons (Fsp3) is 0.471. The van der Waals surface area contributed by atoms with E-state index in [2.05, 4.69) is 17.2 Å². The van der Waals surface area contributed by atoms with Gasteiger partial charge in [-0.05, 0) is 49.3 Å². The first-order valence-electron chi connectivity index (χ1n) is 7.42. The van der Waals surface area contributed by atoms with Gasteiger partial charge in [0.1, 0.15) is 5.82 Å². The van der Waals surface area contributed by atoms with Gasteiger partial charge in [0.15, 0.2) is 0 Å². The molecule has 110 valence electrons. The molecule has 2 saturated carbocycles. The summed E-state index contributed by atoms with van der Waals surface area (Å²) in [5.41, 5.74) is 6.51. The second-order valence-corrected chi connectivity index (χ2v) is 5.95. The molecule has 2 aliphatic carbocycles. The molecule has 2 aliphatic rings. The Kier molecular flexibility index (Phi) is 3.94. The van der Waals surface area contributed by atoms with E-state index in [1.54, 1.807) is 12.1 Å². The maximum atomic E-state index is 13.8. The maximum absolute atomic E-state index is 13.8. The lowest BCUT2D eigenvalue weighted by Crippen LogP contribution is -2.29. The molecule has 0 heterocycles. The summed E-state index contributed by atoms with van der Waals surface area (Å²) < 4.78 is 13.8. The first kappa shape index (κ1) is 14.1. The molecular weight excluding hydrogens is 267 g/mol. The van der Waals surface area contributed by atoms with Crippen LogP contribution in [0.5, 0.6) is 0 Å². The standard InChI is InChI=1S/C17H19FN2O/c18-16-4-3-11(2-1-5-19)6-15(16)10-20-17(21)14-8-12-7-13(12)9-14/h3-4,6,12-14H,5,7-10,19H2,(H,20,21). The van der Waals surface area contributed by atoms with E-state index in [1.807, 2.05) is 0 Å². The monoisotopic (exact) mass is 286 g/mol. The summed E-state index contributed by atoms with van der Waals surface area (Å²) >= 11 is 0. The van der Waals surface area contributed by atoms with E-state index in [0.717, 1.165) is 24.7 Å². The molecule has 1 amide bonds. The number of nitrogens with one attached hydrogen (secondary N) is 1. The smallest absolute Gasteiger partial charge is 0.223 e. The van der Waals surface area contributed by atoms with Crippen LogP contribution in [0.25, 0.3) is 0 Å². The van der Waals surface area contributed by atoms with Gasteiger partial charge in [0.2, 0.25) is 5.91 Å². The largest absolute Gasteiger partial charge is 0.352 e. The molecule has 1 aromatic rings. The predicted molar refractivity (Wildman–Crippen MR) is 78.5 cm³/mol. The molecular formula is C17H19FN2O. The van der Waals surface area contributed by atoms with E-state index >= 15 is 0 Å². The van der Waals surface area contributed by atoms with Crippen LogP contribution in [0.2, 0.25) is 0 Å². The SMILES string of the molecule is NCC#Cc1ccc(F)c(CNC(=O)C2CC3CC3C2)c1. The van der Waals surface area contributed by atoms with Crippen molar-refractivity contribution in [1.82, 2.24) is 5.32 Å². The van der Waals surface area contributed by atoms with Gasteiger partial charge in [-0.15, -0.1) is 0 Å². The molecule has 21 heavy (non-hydrogen) atoms. The summed E-state index contributed by atoms with van der Waals surface area (Å²) in [6.45, 7) is 0.488. The topological polar surface area (TPSA) is 55.1 Å². The molecule has 2 unspecified atom stereocenters. The van der Waals surface area contributed by atoms with E-state index in [4.69, 9.17) is 5.73 Å². The Hall–Kier alpha value is -1.86. The first-order valence-corrected chi connectivity index (χ1v) is 7.42. The zero-order valence-electron chi connectivity index (χ0n) is 11.9. The van der Waals surface area contributed by atoms with Gasteiger partial charge >= 0.3 is 0 Å². The Labute approximate surface area is 124 Å². The van der Waals surface area contributed by atoms with Crippen LogP contribution >= 0.6 is 0 Å². The Bertz CT molecular complexity index is 607. The van der Waals surface area contributed by atoms with Crippen LogP contribution in [0.1, 0.15) is 30.4 Å². The van der Waals surface area contributed by atoms with Crippen molar-refractivity contribution < 1.29 is 9.18 Å². The average molecular weight is 286 g/mol. The van der Waals surface area contributed by atoms with Crippen molar-refractivity contribution in [1.29, 1.82) is 0 Å². The summed E-state index contributed by atoms with van der Waals surface area (Å²) in [4.78, 5) is 12.1. The number of amides is 1. The van der Waals surface area contributed by atoms with Gasteiger partial charge in [0, 0.05) is 23.6 Å². The number of carbonyl (C=O) groups excluding carboxylic acids is 1. The molecule has 0 bridgehead atoms. The van der Waals surface area contributed by atoms with Crippen LogP contribution in [0.3, 0.4) is 0 Å². The van der Waals surface area contributed by atoms with Crippen LogP contribution in [0.15, 0.2) is 18.2 Å². The predicted octanol–water partition coefficient (Wildman–Crippen LogP) is 1.80. The highest BCUT2D eigenvalue weighted by Crippen LogP contribution is 2.54. The molecule has 2 atom stereocenters. The summed E-state index contributed by atoms with van der Waals surface area (Å²) in [5.74, 6) is 7.01. The van der Waals surface area contributed by atoms with Crippen molar-refractivity contribution in [2.75, 3.05) is 6.54 Å². The van der Waals surface area contributed by atoms with Gasteiger partial charge < -0.3 is 11.1 Å². The molecule has 0 aliphatic heterocycles. The second kappa shape index (κ2) is 5.87. The average Bonchev–Trinajstić information content (AvgIpc) is 3.10. The fourth-order valence-electron chi connectivity index (χ4n) is 3.20. The van der Waals surface area contributed by atoms with E-state index < -0.39 is 0 Å². The third-order valence-electron chi connectivity index (χ3n) is 4.45. The summed E-state index contributed by atoms with van der Waals surface area (Å²) in [6, 6.07) is 4.67. The molecule has 3 rings (SSSR count). The number of rotatable bonds is 3. The Morgan fingerprint density at radius 2 is 2.10 bits per heavy atom. The minimum absolute atomic E-state index is 0.0556. The lowest BCUT2D eigenvalue weighted by molar-refractivity contribution is -0.125. The Morgan fingerprint density at radius 1 is 1.33 bits per heavy atom. The van der Waals surface area contributed by atoms with E-state index in [-0.39, 0.29) is 30.7 Å². The molecule has 3 nitrogen and oxygen atoms in total. The number of halogens is 1. The van der Waals surface area contributed by atoms with E-state index in [1.165, 1.54) is 12.5 Å². The number of fused-ring (bicyclic) bond motifs is 1. The van der Waals surface area contributed by atoms with Gasteiger partial charge in [-0.2, -0.15) is 0 Å². The normalized spacial score (nSPS) is 25.7. The van der Waals surface area contributed by atoms with Gasteiger partial charge in [0.05, 0.1) is 6.54 Å². The van der Waals surface area contributed by atoms with Gasteiger partial charge in [-0.3, -0.25) is 4.79 Å². The highest BCUT2D eigenvalue weighted by atomic mass is 19.1. The summed E-state index contributed by atoms with van der Waals surface area (Å²) in [6.07, 6.45) is 3.29. The first-order chi connectivity index (χ1) is 10.2. The van der Waals surface area contributed by atoms with Crippen LogP contribution in [-0.2, 0) is 11.3 Å². The third-order valence-corrected chi connectivity index (χ3v) is 4.45. The minimum atomic E-state index is -0.317. The van der Waals surface area contributed by atoms with E-state index in [0.29, 0.717) is 11.1 Å². The van der Waals surface area contributed by atoms with Gasteiger partial charge in [0.25, 0.3) is 0 Å². The summed E-state index contributed by atoms with van der Waals surface area (Å²) in [5, 5.41) is 2.85. The van der Waals surface area contributed by atoms with Crippen LogP contribution in [-0.4, -0.2) is 12.5 Å². The Balaban J connectivity index is 1.60. The molecule has 1 aromatic carbocycles. The molecule has 0 aromatic heterocycles. The van der Waals surface area contributed by atoms with Crippen LogP contribution in [0.4, 0.5) is 4.39 Å². The Morgan fingerprint density at radius 3 is 2.81 bits per heavy atom. The lowest BCUT2D eigenvalue weighted by Gasteiger charge is -2.12.